The van der Waals surface area contributed by atoms with E-state index in [9.17, 15) is 4.79 Å². The summed E-state index contributed by atoms with van der Waals surface area (Å²) < 4.78 is 14.1. The summed E-state index contributed by atoms with van der Waals surface area (Å²) in [6.45, 7) is 8.83. The summed E-state index contributed by atoms with van der Waals surface area (Å²) in [4.78, 5) is 27.1. The zero-order chi connectivity index (χ0) is 25.2. The number of carbonyl (C=O) groups excluding carboxylic acids is 1. The molecule has 5 rings (SSSR count). The van der Waals surface area contributed by atoms with Crippen LogP contribution in [0.15, 0.2) is 30.5 Å². The van der Waals surface area contributed by atoms with Gasteiger partial charge in [0.15, 0.2) is 0 Å². The van der Waals surface area contributed by atoms with Crippen LogP contribution in [0, 0.1) is 0 Å². The lowest BCUT2D eigenvalue weighted by atomic mass is 10.1. The summed E-state index contributed by atoms with van der Waals surface area (Å²) in [7, 11) is 3.75. The van der Waals surface area contributed by atoms with Crippen molar-refractivity contribution in [3.8, 4) is 17.1 Å². The van der Waals surface area contributed by atoms with Crippen LogP contribution in [0.5, 0.6) is 5.75 Å². The summed E-state index contributed by atoms with van der Waals surface area (Å²) in [5, 5.41) is 2.87. The fourth-order valence-corrected chi connectivity index (χ4v) is 5.32. The van der Waals surface area contributed by atoms with E-state index >= 15 is 0 Å². The highest BCUT2D eigenvalue weighted by atomic mass is 16.5. The predicted octanol–water partition coefficient (Wildman–Crippen LogP) is 3.18. The predicted molar refractivity (Wildman–Crippen MR) is 141 cm³/mol. The van der Waals surface area contributed by atoms with Crippen molar-refractivity contribution in [2.24, 2.45) is 0 Å². The molecule has 0 unspecified atom stereocenters. The van der Waals surface area contributed by atoms with Crippen LogP contribution in [-0.2, 0) is 11.3 Å². The minimum atomic E-state index is -0.142. The Morgan fingerprint density at radius 1 is 1.28 bits per heavy atom. The molecule has 1 N–H and O–H groups in total. The number of methoxy groups -OCH3 is 1. The van der Waals surface area contributed by atoms with Crippen molar-refractivity contribution in [2.45, 2.75) is 45.4 Å². The van der Waals surface area contributed by atoms with Gasteiger partial charge in [-0.3, -0.25) is 4.79 Å². The molecule has 0 bridgehead atoms. The van der Waals surface area contributed by atoms with E-state index in [0.717, 1.165) is 42.4 Å². The molecule has 0 aliphatic carbocycles. The molecule has 2 aromatic heterocycles. The van der Waals surface area contributed by atoms with Crippen LogP contribution in [0.1, 0.15) is 37.0 Å². The summed E-state index contributed by atoms with van der Waals surface area (Å²) in [6.07, 6.45) is 4.32. The average molecular weight is 493 g/mol. The number of imidazole rings is 1. The van der Waals surface area contributed by atoms with Crippen molar-refractivity contribution in [3.63, 3.8) is 0 Å². The highest BCUT2D eigenvalue weighted by molar-refractivity contribution is 6.00. The van der Waals surface area contributed by atoms with Crippen LogP contribution in [-0.4, -0.2) is 84.4 Å². The van der Waals surface area contributed by atoms with E-state index in [-0.39, 0.29) is 12.0 Å². The minimum absolute atomic E-state index is 0.0188. The molecule has 2 aliphatic heterocycles. The molecule has 1 amide bonds. The quantitative estimate of drug-likeness (QED) is 0.542. The van der Waals surface area contributed by atoms with Gasteiger partial charge in [0, 0.05) is 49.5 Å². The number of nitrogens with zero attached hydrogens (tertiary/aromatic N) is 5. The van der Waals surface area contributed by atoms with Gasteiger partial charge >= 0.3 is 0 Å². The van der Waals surface area contributed by atoms with E-state index in [1.165, 1.54) is 12.8 Å². The number of aromatic nitrogens is 3. The van der Waals surface area contributed by atoms with Gasteiger partial charge in [-0.05, 0) is 58.0 Å². The highest BCUT2D eigenvalue weighted by Crippen LogP contribution is 2.34. The number of amides is 1. The van der Waals surface area contributed by atoms with Gasteiger partial charge in [-0.2, -0.15) is 0 Å². The highest BCUT2D eigenvalue weighted by Gasteiger charge is 2.26. The number of nitrogens with one attached hydrogen (secondary N) is 1. The number of anilines is 1. The van der Waals surface area contributed by atoms with Crippen molar-refractivity contribution in [2.75, 3.05) is 51.8 Å². The van der Waals surface area contributed by atoms with Gasteiger partial charge in [-0.1, -0.05) is 0 Å². The van der Waals surface area contributed by atoms with Crippen molar-refractivity contribution >= 4 is 22.8 Å². The van der Waals surface area contributed by atoms with E-state index in [1.807, 2.05) is 19.2 Å². The SMILES string of the molecule is CCNC(=O)c1cc(OC)c2c(c1)nc(-c1ccc(N3CCC[C@@H]3C)nc1)n2C[C@@H]1CN(C)CCO1. The van der Waals surface area contributed by atoms with Crippen molar-refractivity contribution in [3.05, 3.63) is 36.0 Å². The van der Waals surface area contributed by atoms with Crippen LogP contribution in [0.3, 0.4) is 0 Å². The van der Waals surface area contributed by atoms with Gasteiger partial charge in [0.25, 0.3) is 5.91 Å². The second-order valence-electron chi connectivity index (χ2n) is 9.80. The van der Waals surface area contributed by atoms with Gasteiger partial charge in [-0.15, -0.1) is 0 Å². The number of rotatable bonds is 7. The first-order valence-electron chi connectivity index (χ1n) is 12.9. The van der Waals surface area contributed by atoms with E-state index in [0.29, 0.717) is 42.6 Å². The first-order valence-corrected chi connectivity index (χ1v) is 12.9. The monoisotopic (exact) mass is 492 g/mol. The Balaban J connectivity index is 1.59. The number of ether oxygens (including phenoxy) is 2. The summed E-state index contributed by atoms with van der Waals surface area (Å²) >= 11 is 0. The van der Waals surface area contributed by atoms with Gasteiger partial charge in [0.05, 0.1) is 31.9 Å². The molecule has 2 atom stereocenters. The molecule has 2 fully saturated rings. The molecule has 36 heavy (non-hydrogen) atoms. The number of pyridine rings is 1. The maximum absolute atomic E-state index is 12.6. The third-order valence-electron chi connectivity index (χ3n) is 7.21. The zero-order valence-electron chi connectivity index (χ0n) is 21.7. The van der Waals surface area contributed by atoms with Crippen LogP contribution in [0.2, 0.25) is 0 Å². The van der Waals surface area contributed by atoms with E-state index in [1.54, 1.807) is 13.2 Å². The molecule has 1 aromatic carbocycles. The Labute approximate surface area is 212 Å². The molecule has 9 nitrogen and oxygen atoms in total. The molecule has 4 heterocycles. The normalized spacial score (nSPS) is 20.7. The Morgan fingerprint density at radius 2 is 2.14 bits per heavy atom. The Hall–Kier alpha value is -3.17. The molecular formula is C27H36N6O3. The Kier molecular flexibility index (Phi) is 7.11. The van der Waals surface area contributed by atoms with Crippen molar-refractivity contribution in [1.29, 1.82) is 0 Å². The van der Waals surface area contributed by atoms with Gasteiger partial charge < -0.3 is 29.2 Å². The molecule has 192 valence electrons. The Bertz CT molecular complexity index is 1220. The van der Waals surface area contributed by atoms with Gasteiger partial charge in [0.1, 0.15) is 22.9 Å². The third kappa shape index (κ3) is 4.77. The molecule has 9 heteroatoms. The number of fused-ring (bicyclic) bond motifs is 1. The zero-order valence-corrected chi connectivity index (χ0v) is 21.7. The minimum Gasteiger partial charge on any atom is -0.494 e. The van der Waals surface area contributed by atoms with Gasteiger partial charge in [-0.25, -0.2) is 9.97 Å². The van der Waals surface area contributed by atoms with E-state index in [4.69, 9.17) is 19.4 Å². The summed E-state index contributed by atoms with van der Waals surface area (Å²) in [5.74, 6) is 2.27. The lowest BCUT2D eigenvalue weighted by Gasteiger charge is -2.30. The smallest absolute Gasteiger partial charge is 0.251 e. The molecule has 0 radical (unpaired) electrons. The van der Waals surface area contributed by atoms with Crippen molar-refractivity contribution < 1.29 is 14.3 Å². The number of morpholine rings is 1. The summed E-state index contributed by atoms with van der Waals surface area (Å²) in [6, 6.07) is 8.31. The maximum atomic E-state index is 12.6. The number of carbonyl (C=O) groups is 1. The van der Waals surface area contributed by atoms with Crippen LogP contribution >= 0.6 is 0 Å². The average Bonchev–Trinajstić information content (AvgIpc) is 3.47. The number of benzene rings is 1. The molecule has 0 saturated carbocycles. The first-order chi connectivity index (χ1) is 17.5. The second-order valence-corrected chi connectivity index (χ2v) is 9.80. The molecule has 3 aromatic rings. The third-order valence-corrected chi connectivity index (χ3v) is 7.21. The molecular weight excluding hydrogens is 456 g/mol. The maximum Gasteiger partial charge on any atom is 0.251 e. The second kappa shape index (κ2) is 10.4. The number of likely N-dealkylation sites (N-methyl/N-ethyl adjacent to an activating group) is 1. The lowest BCUT2D eigenvalue weighted by Crippen LogP contribution is -2.42. The van der Waals surface area contributed by atoms with Crippen LogP contribution in [0.25, 0.3) is 22.4 Å². The standard InChI is InChI=1S/C27H36N6O3/c1-5-28-27(34)20-13-22-25(23(14-20)35-4)33(17-21-16-31(3)11-12-36-21)26(30-22)19-8-9-24(29-15-19)32-10-6-7-18(32)2/h8-9,13-15,18,21H,5-7,10-12,16-17H2,1-4H3,(H,28,34)/t18-,21-/m0/s1. The fraction of sp³-hybridized carbons (Fsp3) is 0.519. The largest absolute Gasteiger partial charge is 0.494 e. The van der Waals surface area contributed by atoms with Gasteiger partial charge in [0.2, 0.25) is 0 Å². The number of hydrogen-bond acceptors (Lipinski definition) is 7. The van der Waals surface area contributed by atoms with Crippen LogP contribution in [0.4, 0.5) is 5.82 Å². The lowest BCUT2D eigenvalue weighted by molar-refractivity contribution is -0.0267. The topological polar surface area (TPSA) is 84.8 Å². The first kappa shape index (κ1) is 24.5. The van der Waals surface area contributed by atoms with Crippen LogP contribution < -0.4 is 15.0 Å². The fourth-order valence-electron chi connectivity index (χ4n) is 5.32. The van der Waals surface area contributed by atoms with Crippen molar-refractivity contribution in [1.82, 2.24) is 24.8 Å². The van der Waals surface area contributed by atoms with E-state index < -0.39 is 0 Å². The molecule has 2 saturated heterocycles. The Morgan fingerprint density at radius 3 is 2.81 bits per heavy atom. The molecule has 0 spiro atoms. The summed E-state index contributed by atoms with van der Waals surface area (Å²) in [5.41, 5.74) is 3.02. The molecule has 2 aliphatic rings. The van der Waals surface area contributed by atoms with E-state index in [2.05, 4.69) is 45.8 Å². The number of hydrogen-bond donors (Lipinski definition) is 1.